The molecule has 1 heterocycles. The first-order valence-corrected chi connectivity index (χ1v) is 11.7. The van der Waals surface area contributed by atoms with E-state index in [1.54, 1.807) is 4.90 Å². The molecular weight excluding hydrogens is 434 g/mol. The first-order chi connectivity index (χ1) is 13.6. The summed E-state index contributed by atoms with van der Waals surface area (Å²) in [6, 6.07) is 9.76. The van der Waals surface area contributed by atoms with Gasteiger partial charge in [0, 0.05) is 12.2 Å². The molecule has 0 radical (unpaired) electrons. The van der Waals surface area contributed by atoms with Crippen LogP contribution in [0.4, 0.5) is 16.2 Å². The zero-order valence-electron chi connectivity index (χ0n) is 15.6. The highest BCUT2D eigenvalue weighted by molar-refractivity contribution is 8.14. The number of fused-ring (bicyclic) bond motifs is 1. The van der Waals surface area contributed by atoms with Crippen molar-refractivity contribution in [2.24, 2.45) is 5.14 Å². The summed E-state index contributed by atoms with van der Waals surface area (Å²) < 4.78 is 22.7. The topological polar surface area (TPSA) is 110 Å². The Morgan fingerprint density at radius 2 is 2.00 bits per heavy atom. The van der Waals surface area contributed by atoms with Crippen molar-refractivity contribution in [1.29, 1.82) is 0 Å². The molecule has 0 fully saturated rings. The highest BCUT2D eigenvalue weighted by atomic mass is 35.5. The summed E-state index contributed by atoms with van der Waals surface area (Å²) in [7, 11) is -3.88. The lowest BCUT2D eigenvalue weighted by atomic mass is 10.0. The number of thioether (sulfide) groups is 1. The number of nitrogens with two attached hydrogens (primary N) is 1. The molecule has 3 rings (SSSR count). The van der Waals surface area contributed by atoms with Gasteiger partial charge in [-0.2, -0.15) is 0 Å². The summed E-state index contributed by atoms with van der Waals surface area (Å²) >= 11 is 6.92. The van der Waals surface area contributed by atoms with Gasteiger partial charge in [-0.05, 0) is 49.6 Å². The van der Waals surface area contributed by atoms with E-state index in [1.165, 1.54) is 12.1 Å². The number of primary sulfonamides is 1. The van der Waals surface area contributed by atoms with Crippen LogP contribution >= 0.6 is 23.4 Å². The molecule has 0 saturated heterocycles. The number of benzene rings is 2. The molecule has 0 saturated carbocycles. The van der Waals surface area contributed by atoms with Gasteiger partial charge in [0.05, 0.1) is 21.4 Å². The minimum atomic E-state index is -3.88. The number of amides is 2. The lowest BCUT2D eigenvalue weighted by Crippen LogP contribution is -2.33. The Morgan fingerprint density at radius 1 is 1.24 bits per heavy atom. The maximum Gasteiger partial charge on any atom is 0.286 e. The predicted octanol–water partition coefficient (Wildman–Crippen LogP) is 3.54. The molecule has 2 amide bonds. The second kappa shape index (κ2) is 8.74. The van der Waals surface area contributed by atoms with E-state index >= 15 is 0 Å². The number of sulfonamides is 1. The smallest absolute Gasteiger partial charge is 0.286 e. The van der Waals surface area contributed by atoms with Crippen LogP contribution in [-0.2, 0) is 21.2 Å². The number of nitrogens with zero attached hydrogens (tertiary/aromatic N) is 1. The van der Waals surface area contributed by atoms with Gasteiger partial charge >= 0.3 is 0 Å². The molecule has 2 aromatic carbocycles. The molecule has 0 spiro atoms. The van der Waals surface area contributed by atoms with Crippen LogP contribution in [-0.4, -0.2) is 31.9 Å². The van der Waals surface area contributed by atoms with Gasteiger partial charge in [0.1, 0.15) is 0 Å². The fourth-order valence-electron chi connectivity index (χ4n) is 3.08. The van der Waals surface area contributed by atoms with Gasteiger partial charge in [-0.25, -0.2) is 13.6 Å². The van der Waals surface area contributed by atoms with Crippen LogP contribution in [0.3, 0.4) is 0 Å². The van der Waals surface area contributed by atoms with Gasteiger partial charge in [0.15, 0.2) is 0 Å². The summed E-state index contributed by atoms with van der Waals surface area (Å²) in [6.07, 6.45) is 1.81. The first kappa shape index (κ1) is 21.6. The summed E-state index contributed by atoms with van der Waals surface area (Å²) in [6.45, 7) is 2.63. The van der Waals surface area contributed by atoms with Gasteiger partial charge in [0.2, 0.25) is 15.9 Å². The van der Waals surface area contributed by atoms with E-state index in [4.69, 9.17) is 16.7 Å². The normalized spacial score (nSPS) is 13.7. The first-order valence-electron chi connectivity index (χ1n) is 8.81. The Kier molecular flexibility index (Phi) is 6.52. The number of nitrogens with one attached hydrogen (secondary N) is 1. The SMILES string of the molecule is Cc1ccc2c(c1)CCCN2C(=O)SCC(=O)Nc1ccc(S(N)(=O)=O)cc1Cl. The summed E-state index contributed by atoms with van der Waals surface area (Å²) in [5.74, 6) is -0.515. The van der Waals surface area contributed by atoms with E-state index in [9.17, 15) is 18.0 Å². The summed E-state index contributed by atoms with van der Waals surface area (Å²) in [4.78, 5) is 26.4. The van der Waals surface area contributed by atoms with Crippen LogP contribution < -0.4 is 15.4 Å². The average molecular weight is 454 g/mol. The number of carbonyl (C=O) groups excluding carboxylic acids is 2. The van der Waals surface area contributed by atoms with E-state index < -0.39 is 15.9 Å². The molecule has 1 aliphatic rings. The van der Waals surface area contributed by atoms with Gasteiger partial charge in [-0.1, -0.05) is 41.1 Å². The predicted molar refractivity (Wildman–Crippen MR) is 116 cm³/mol. The maximum atomic E-state index is 12.6. The van der Waals surface area contributed by atoms with Gasteiger partial charge in [-0.3, -0.25) is 9.59 Å². The highest BCUT2D eigenvalue weighted by Crippen LogP contribution is 2.30. The number of anilines is 2. The van der Waals surface area contributed by atoms with Crippen molar-refractivity contribution in [3.05, 3.63) is 52.5 Å². The van der Waals surface area contributed by atoms with Crippen LogP contribution in [0.15, 0.2) is 41.3 Å². The second-order valence-electron chi connectivity index (χ2n) is 6.68. The Balaban J connectivity index is 1.61. The second-order valence-corrected chi connectivity index (χ2v) is 9.57. The fourth-order valence-corrected chi connectivity index (χ4v) is 4.59. The quantitative estimate of drug-likeness (QED) is 0.735. The zero-order chi connectivity index (χ0) is 21.2. The van der Waals surface area contributed by atoms with Crippen molar-refractivity contribution in [1.82, 2.24) is 0 Å². The van der Waals surface area contributed by atoms with Crippen molar-refractivity contribution in [2.75, 3.05) is 22.5 Å². The molecule has 154 valence electrons. The van der Waals surface area contributed by atoms with Crippen LogP contribution in [0, 0.1) is 6.92 Å². The molecule has 10 heteroatoms. The van der Waals surface area contributed by atoms with E-state index in [1.807, 2.05) is 19.1 Å². The Bertz CT molecular complexity index is 1070. The number of halogens is 1. The van der Waals surface area contributed by atoms with Crippen molar-refractivity contribution >= 4 is 55.9 Å². The maximum absolute atomic E-state index is 12.6. The van der Waals surface area contributed by atoms with Crippen molar-refractivity contribution in [3.63, 3.8) is 0 Å². The third kappa shape index (κ3) is 5.30. The Hall–Kier alpha value is -2.07. The minimum Gasteiger partial charge on any atom is -0.324 e. The molecule has 2 aromatic rings. The average Bonchev–Trinajstić information content (AvgIpc) is 2.66. The van der Waals surface area contributed by atoms with Crippen molar-refractivity contribution in [3.8, 4) is 0 Å². The lowest BCUT2D eigenvalue weighted by molar-refractivity contribution is -0.113. The van der Waals surface area contributed by atoms with Crippen LogP contribution in [0.5, 0.6) is 0 Å². The molecule has 0 aliphatic carbocycles. The number of hydrogen-bond donors (Lipinski definition) is 2. The number of aryl methyl sites for hydroxylation is 2. The molecule has 0 unspecified atom stereocenters. The monoisotopic (exact) mass is 453 g/mol. The molecule has 0 aromatic heterocycles. The van der Waals surface area contributed by atoms with Crippen LogP contribution in [0.2, 0.25) is 5.02 Å². The number of hydrogen-bond acceptors (Lipinski definition) is 5. The van der Waals surface area contributed by atoms with E-state index in [0.29, 0.717) is 6.54 Å². The van der Waals surface area contributed by atoms with E-state index in [-0.39, 0.29) is 26.6 Å². The van der Waals surface area contributed by atoms with Crippen LogP contribution in [0.25, 0.3) is 0 Å². The largest absolute Gasteiger partial charge is 0.324 e. The lowest BCUT2D eigenvalue weighted by Gasteiger charge is -2.29. The standard InChI is InChI=1S/C19H20ClN3O4S2/c1-12-4-7-17-13(9-12)3-2-8-23(17)19(25)28-11-18(24)22-16-6-5-14(10-15(16)20)29(21,26)27/h4-7,9-10H,2-3,8,11H2,1H3,(H,22,24)(H2,21,26,27). The van der Waals surface area contributed by atoms with Gasteiger partial charge in [-0.15, -0.1) is 0 Å². The molecule has 0 atom stereocenters. The third-order valence-corrected chi connectivity index (χ3v) is 6.54. The summed E-state index contributed by atoms with van der Waals surface area (Å²) in [5, 5.41) is 7.48. The minimum absolute atomic E-state index is 0.0431. The third-order valence-electron chi connectivity index (χ3n) is 4.44. The molecule has 7 nitrogen and oxygen atoms in total. The van der Waals surface area contributed by atoms with Gasteiger partial charge < -0.3 is 10.2 Å². The molecule has 3 N–H and O–H groups in total. The van der Waals surface area contributed by atoms with E-state index in [0.717, 1.165) is 47.5 Å². The molecule has 29 heavy (non-hydrogen) atoms. The Morgan fingerprint density at radius 3 is 2.69 bits per heavy atom. The molecule has 1 aliphatic heterocycles. The van der Waals surface area contributed by atoms with Gasteiger partial charge in [0.25, 0.3) is 5.24 Å². The fraction of sp³-hybridized carbons (Fsp3) is 0.263. The molecule has 0 bridgehead atoms. The Labute approximate surface area is 178 Å². The van der Waals surface area contributed by atoms with Crippen LogP contribution in [0.1, 0.15) is 17.5 Å². The van der Waals surface area contributed by atoms with Crippen molar-refractivity contribution in [2.45, 2.75) is 24.7 Å². The molecular formula is C19H20ClN3O4S2. The summed E-state index contributed by atoms with van der Waals surface area (Å²) in [5.41, 5.74) is 3.42. The highest BCUT2D eigenvalue weighted by Gasteiger charge is 2.23. The van der Waals surface area contributed by atoms with E-state index in [2.05, 4.69) is 11.4 Å². The van der Waals surface area contributed by atoms with Crippen molar-refractivity contribution < 1.29 is 18.0 Å². The number of rotatable bonds is 4. The number of carbonyl (C=O) groups is 2. The zero-order valence-corrected chi connectivity index (χ0v) is 18.0.